The first-order chi connectivity index (χ1) is 14.2. The van der Waals surface area contributed by atoms with Crippen molar-refractivity contribution in [1.29, 1.82) is 0 Å². The number of alkyl halides is 1. The molecule has 14 heteroatoms. The summed E-state index contributed by atoms with van der Waals surface area (Å²) in [6.45, 7) is 0.682. The molecule has 164 valence electrons. The van der Waals surface area contributed by atoms with Crippen molar-refractivity contribution in [2.75, 3.05) is 32.8 Å². The number of thiophene rings is 1. The smallest absolute Gasteiger partial charge is 0.335 e. The Morgan fingerprint density at radius 2 is 2.03 bits per heavy atom. The van der Waals surface area contributed by atoms with Crippen molar-refractivity contribution < 1.29 is 36.6 Å². The minimum atomic E-state index is -4.40. The number of hydrogen-bond acceptors (Lipinski definition) is 10. The molecule has 0 saturated carbocycles. The molecule has 30 heavy (non-hydrogen) atoms. The van der Waals surface area contributed by atoms with Gasteiger partial charge >= 0.3 is 6.03 Å². The van der Waals surface area contributed by atoms with Gasteiger partial charge in [0, 0.05) is 0 Å². The molecule has 2 unspecified atom stereocenters. The summed E-state index contributed by atoms with van der Waals surface area (Å²) < 4.78 is 62.0. The average molecular weight is 462 g/mol. The lowest BCUT2D eigenvalue weighted by Crippen LogP contribution is -2.37. The molecule has 0 bridgehead atoms. The number of anilines is 1. The number of nitrogens with zero attached hydrogens (tertiary/aromatic N) is 2. The highest BCUT2D eigenvalue weighted by atomic mass is 32.2. The Hall–Kier alpha value is -2.55. The largest absolute Gasteiger partial charge is 0.481 e. The average Bonchev–Trinajstić information content (AvgIpc) is 3.35. The Balaban J connectivity index is 1.81. The monoisotopic (exact) mass is 462 g/mol. The SMILES string of the molecule is COc1cc(OC)nc(NC(=O)NS(=O)(=O)c2ccsc2C2(CF)OCC(C)O2)n1. The molecule has 3 rings (SSSR count). The number of halogens is 1. The highest BCUT2D eigenvalue weighted by Gasteiger charge is 2.46. The lowest BCUT2D eigenvalue weighted by atomic mass is 10.2. The van der Waals surface area contributed by atoms with E-state index in [1.54, 1.807) is 6.92 Å². The van der Waals surface area contributed by atoms with Gasteiger partial charge in [0.1, 0.15) is 11.6 Å². The van der Waals surface area contributed by atoms with E-state index in [4.69, 9.17) is 18.9 Å². The first-order valence-electron chi connectivity index (χ1n) is 8.49. The number of sulfonamides is 1. The maximum Gasteiger partial charge on any atom is 0.335 e. The van der Waals surface area contributed by atoms with E-state index >= 15 is 0 Å². The number of methoxy groups -OCH3 is 2. The van der Waals surface area contributed by atoms with E-state index in [1.165, 1.54) is 31.7 Å². The molecule has 1 aliphatic heterocycles. The van der Waals surface area contributed by atoms with Gasteiger partial charge in [0.05, 0.1) is 37.9 Å². The number of urea groups is 1. The molecule has 3 heterocycles. The molecule has 11 nitrogen and oxygen atoms in total. The third-order valence-electron chi connectivity index (χ3n) is 3.93. The van der Waals surface area contributed by atoms with Crippen LogP contribution in [0.2, 0.25) is 0 Å². The highest BCUT2D eigenvalue weighted by molar-refractivity contribution is 7.90. The fourth-order valence-corrected chi connectivity index (χ4v) is 5.13. The first-order valence-corrected chi connectivity index (χ1v) is 10.9. The summed E-state index contributed by atoms with van der Waals surface area (Å²) in [4.78, 5) is 19.7. The van der Waals surface area contributed by atoms with E-state index in [9.17, 15) is 17.6 Å². The maximum absolute atomic E-state index is 13.8. The van der Waals surface area contributed by atoms with Crippen LogP contribution in [-0.2, 0) is 25.3 Å². The van der Waals surface area contributed by atoms with Crippen LogP contribution >= 0.6 is 11.3 Å². The summed E-state index contributed by atoms with van der Waals surface area (Å²) in [6.07, 6.45) is -0.421. The van der Waals surface area contributed by atoms with Gasteiger partial charge in [-0.1, -0.05) is 0 Å². The van der Waals surface area contributed by atoms with Gasteiger partial charge in [0.25, 0.3) is 10.0 Å². The molecule has 1 fully saturated rings. The van der Waals surface area contributed by atoms with E-state index in [1.807, 2.05) is 4.72 Å². The van der Waals surface area contributed by atoms with E-state index in [0.29, 0.717) is 0 Å². The van der Waals surface area contributed by atoms with Crippen molar-refractivity contribution >= 4 is 33.3 Å². The van der Waals surface area contributed by atoms with Crippen molar-refractivity contribution in [3.63, 3.8) is 0 Å². The molecule has 1 aliphatic rings. The van der Waals surface area contributed by atoms with Crippen molar-refractivity contribution in [3.05, 3.63) is 22.4 Å². The summed E-state index contributed by atoms with van der Waals surface area (Å²) in [6, 6.07) is 1.46. The van der Waals surface area contributed by atoms with Crippen LogP contribution in [0.1, 0.15) is 11.8 Å². The fraction of sp³-hybridized carbons (Fsp3) is 0.438. The molecule has 2 amide bonds. The molecular weight excluding hydrogens is 443 g/mol. The molecule has 2 atom stereocenters. The van der Waals surface area contributed by atoms with Crippen LogP contribution in [0.15, 0.2) is 22.4 Å². The molecule has 2 aromatic rings. The van der Waals surface area contributed by atoms with Crippen LogP contribution in [0.5, 0.6) is 11.8 Å². The van der Waals surface area contributed by atoms with Crippen LogP contribution < -0.4 is 19.5 Å². The summed E-state index contributed by atoms with van der Waals surface area (Å²) in [7, 11) is -1.70. The fourth-order valence-electron chi connectivity index (χ4n) is 2.65. The Labute approximate surface area is 175 Å². The zero-order valence-corrected chi connectivity index (χ0v) is 17.8. The minimum Gasteiger partial charge on any atom is -0.481 e. The molecule has 2 aromatic heterocycles. The minimum absolute atomic E-state index is 0.00560. The molecule has 1 saturated heterocycles. The second-order valence-electron chi connectivity index (χ2n) is 6.08. The van der Waals surface area contributed by atoms with Crippen LogP contribution in [0.3, 0.4) is 0 Å². The third-order valence-corrected chi connectivity index (χ3v) is 6.47. The Kier molecular flexibility index (Phi) is 6.40. The van der Waals surface area contributed by atoms with Gasteiger partial charge < -0.3 is 18.9 Å². The number of ether oxygens (including phenoxy) is 4. The van der Waals surface area contributed by atoms with E-state index in [0.717, 1.165) is 11.3 Å². The van der Waals surface area contributed by atoms with Crippen LogP contribution in [0, 0.1) is 0 Å². The van der Waals surface area contributed by atoms with Gasteiger partial charge in [-0.05, 0) is 18.4 Å². The van der Waals surface area contributed by atoms with Crippen LogP contribution in [0.4, 0.5) is 15.1 Å². The van der Waals surface area contributed by atoms with Crippen molar-refractivity contribution in [2.45, 2.75) is 23.7 Å². The number of nitrogens with one attached hydrogen (secondary N) is 2. The van der Waals surface area contributed by atoms with Gasteiger partial charge in [-0.15, -0.1) is 11.3 Å². The summed E-state index contributed by atoms with van der Waals surface area (Å²) in [5.74, 6) is -1.90. The zero-order chi connectivity index (χ0) is 21.9. The second kappa shape index (κ2) is 8.67. The molecule has 0 spiro atoms. The zero-order valence-electron chi connectivity index (χ0n) is 16.2. The predicted molar refractivity (Wildman–Crippen MR) is 103 cm³/mol. The summed E-state index contributed by atoms with van der Waals surface area (Å²) in [5.41, 5.74) is 0. The van der Waals surface area contributed by atoms with Gasteiger partial charge in [-0.2, -0.15) is 9.97 Å². The number of amides is 2. The first kappa shape index (κ1) is 22.1. The van der Waals surface area contributed by atoms with Crippen LogP contribution in [0.25, 0.3) is 0 Å². The van der Waals surface area contributed by atoms with Crippen molar-refractivity contribution in [1.82, 2.24) is 14.7 Å². The van der Waals surface area contributed by atoms with Gasteiger partial charge in [0.2, 0.25) is 23.5 Å². The maximum atomic E-state index is 13.8. The predicted octanol–water partition coefficient (Wildman–Crippen LogP) is 1.62. The molecular formula is C16H19FN4O7S2. The van der Waals surface area contributed by atoms with E-state index < -0.39 is 34.6 Å². The van der Waals surface area contributed by atoms with Crippen LogP contribution in [-0.4, -0.2) is 58.0 Å². The summed E-state index contributed by atoms with van der Waals surface area (Å²) >= 11 is 0.941. The Morgan fingerprint density at radius 3 is 2.57 bits per heavy atom. The lowest BCUT2D eigenvalue weighted by molar-refractivity contribution is -0.184. The molecule has 0 radical (unpaired) electrons. The van der Waals surface area contributed by atoms with Crippen molar-refractivity contribution in [3.8, 4) is 11.8 Å². The molecule has 2 N–H and O–H groups in total. The normalized spacial score (nSPS) is 21.3. The number of carbonyl (C=O) groups excluding carboxylic acids is 1. The third kappa shape index (κ3) is 4.45. The van der Waals surface area contributed by atoms with E-state index in [-0.39, 0.29) is 34.1 Å². The number of hydrogen-bond donors (Lipinski definition) is 2. The van der Waals surface area contributed by atoms with Gasteiger partial charge in [-0.3, -0.25) is 5.32 Å². The number of rotatable bonds is 7. The topological polar surface area (TPSA) is 138 Å². The van der Waals surface area contributed by atoms with Crippen molar-refractivity contribution in [2.24, 2.45) is 0 Å². The second-order valence-corrected chi connectivity index (χ2v) is 8.64. The quantitative estimate of drug-likeness (QED) is 0.628. The Morgan fingerprint density at radius 1 is 1.37 bits per heavy atom. The lowest BCUT2D eigenvalue weighted by Gasteiger charge is -2.24. The molecule has 0 aliphatic carbocycles. The van der Waals surface area contributed by atoms with Gasteiger partial charge in [0.15, 0.2) is 0 Å². The standard InChI is InChI=1S/C16H19FN4O7S2/c1-9-7-27-16(8-17,28-9)13-10(4-5-29-13)30(23,24)21-15(22)20-14-18-11(25-2)6-12(19-14)26-3/h4-6,9H,7-8H2,1-3H3,(H2,18,19,20,21,22). The Bertz CT molecular complexity index is 1010. The summed E-state index contributed by atoms with van der Waals surface area (Å²) in [5, 5.41) is 3.62. The van der Waals surface area contributed by atoms with Gasteiger partial charge in [-0.25, -0.2) is 22.3 Å². The number of carbonyl (C=O) groups is 1. The number of aromatic nitrogens is 2. The molecule has 0 aromatic carbocycles. The van der Waals surface area contributed by atoms with E-state index in [2.05, 4.69) is 15.3 Å². The highest BCUT2D eigenvalue weighted by Crippen LogP contribution is 2.41.